The first kappa shape index (κ1) is 16.6. The van der Waals surface area contributed by atoms with Crippen molar-refractivity contribution in [2.24, 2.45) is 5.92 Å². The minimum Gasteiger partial charge on any atom is -0.391 e. The molecule has 2 aliphatic heterocycles. The predicted molar refractivity (Wildman–Crippen MR) is 94.0 cm³/mol. The summed E-state index contributed by atoms with van der Waals surface area (Å²) in [7, 11) is 0. The largest absolute Gasteiger partial charge is 0.391 e. The standard InChI is InChI=1S/C20H26N2O3/c23-16-10-11-21(13-16)20(25)18-12-15-8-4-5-9-17(15)22(18)19(24)14-6-2-1-3-7-14/h1-3,6-7,15-18,23H,4-5,8-13H2/t15-,16+,17-,18-/m0/s1. The molecule has 5 heteroatoms. The molecule has 1 aliphatic carbocycles. The normalized spacial score (nSPS) is 31.9. The summed E-state index contributed by atoms with van der Waals surface area (Å²) >= 11 is 0. The number of aliphatic hydroxyl groups is 1. The second-order valence-corrected chi connectivity index (χ2v) is 7.67. The molecule has 0 radical (unpaired) electrons. The van der Waals surface area contributed by atoms with Crippen LogP contribution in [0.1, 0.15) is 48.9 Å². The van der Waals surface area contributed by atoms with Gasteiger partial charge in [0.25, 0.3) is 5.91 Å². The average Bonchev–Trinajstić information content (AvgIpc) is 3.25. The van der Waals surface area contributed by atoms with Crippen LogP contribution in [0.25, 0.3) is 0 Å². The highest BCUT2D eigenvalue weighted by molar-refractivity contribution is 5.98. The molecule has 1 aromatic rings. The van der Waals surface area contributed by atoms with Gasteiger partial charge in [0, 0.05) is 24.7 Å². The Labute approximate surface area is 148 Å². The van der Waals surface area contributed by atoms with Gasteiger partial charge < -0.3 is 14.9 Å². The second-order valence-electron chi connectivity index (χ2n) is 7.67. The smallest absolute Gasteiger partial charge is 0.254 e. The first-order valence-corrected chi connectivity index (χ1v) is 9.49. The predicted octanol–water partition coefficient (Wildman–Crippen LogP) is 2.05. The molecule has 4 atom stereocenters. The fourth-order valence-electron chi connectivity index (χ4n) is 4.86. The number of likely N-dealkylation sites (tertiary alicyclic amines) is 2. The van der Waals surface area contributed by atoms with Crippen LogP contribution < -0.4 is 0 Å². The zero-order valence-corrected chi connectivity index (χ0v) is 14.5. The third-order valence-electron chi connectivity index (χ3n) is 6.10. The summed E-state index contributed by atoms with van der Waals surface area (Å²) in [6, 6.07) is 9.12. The maximum Gasteiger partial charge on any atom is 0.254 e. The highest BCUT2D eigenvalue weighted by Crippen LogP contribution is 2.41. The second kappa shape index (κ2) is 6.79. The summed E-state index contributed by atoms with van der Waals surface area (Å²) in [6.07, 6.45) is 5.41. The number of carbonyl (C=O) groups is 2. The molecule has 25 heavy (non-hydrogen) atoms. The van der Waals surface area contributed by atoms with Gasteiger partial charge in [-0.05, 0) is 43.7 Å². The van der Waals surface area contributed by atoms with Gasteiger partial charge >= 0.3 is 0 Å². The molecule has 0 unspecified atom stereocenters. The van der Waals surface area contributed by atoms with E-state index in [0.717, 1.165) is 25.7 Å². The number of carbonyl (C=O) groups excluding carboxylic acids is 2. The summed E-state index contributed by atoms with van der Waals surface area (Å²) in [4.78, 5) is 29.9. The van der Waals surface area contributed by atoms with E-state index >= 15 is 0 Å². The summed E-state index contributed by atoms with van der Waals surface area (Å²) in [5.41, 5.74) is 0.660. The molecule has 5 nitrogen and oxygen atoms in total. The number of nitrogens with zero attached hydrogens (tertiary/aromatic N) is 2. The molecule has 0 spiro atoms. The van der Waals surface area contributed by atoms with Gasteiger partial charge in [0.2, 0.25) is 5.91 Å². The Morgan fingerprint density at radius 3 is 2.52 bits per heavy atom. The van der Waals surface area contributed by atoms with E-state index in [-0.39, 0.29) is 23.9 Å². The Bertz CT molecular complexity index is 648. The number of hydrogen-bond donors (Lipinski definition) is 1. The van der Waals surface area contributed by atoms with Crippen LogP contribution in [0.15, 0.2) is 30.3 Å². The quantitative estimate of drug-likeness (QED) is 0.895. The number of hydrogen-bond acceptors (Lipinski definition) is 3. The number of benzene rings is 1. The van der Waals surface area contributed by atoms with Gasteiger partial charge in [-0.3, -0.25) is 9.59 Å². The molecule has 0 aromatic heterocycles. The Balaban J connectivity index is 1.61. The highest BCUT2D eigenvalue weighted by Gasteiger charge is 2.49. The van der Waals surface area contributed by atoms with E-state index in [9.17, 15) is 14.7 Å². The summed E-state index contributed by atoms with van der Waals surface area (Å²) in [6.45, 7) is 0.997. The van der Waals surface area contributed by atoms with Crippen molar-refractivity contribution >= 4 is 11.8 Å². The SMILES string of the molecule is O=C([C@@H]1C[C@@H]2CCCC[C@@H]2N1C(=O)c1ccccc1)N1CC[C@@H](O)C1. The van der Waals surface area contributed by atoms with E-state index in [1.807, 2.05) is 35.2 Å². The third kappa shape index (κ3) is 3.06. The van der Waals surface area contributed by atoms with Crippen molar-refractivity contribution in [2.75, 3.05) is 13.1 Å². The highest BCUT2D eigenvalue weighted by atomic mass is 16.3. The van der Waals surface area contributed by atoms with Crippen molar-refractivity contribution in [1.82, 2.24) is 9.80 Å². The molecule has 2 saturated heterocycles. The Morgan fingerprint density at radius 2 is 1.80 bits per heavy atom. The lowest BCUT2D eigenvalue weighted by Crippen LogP contribution is -2.50. The Hall–Kier alpha value is -1.88. The first-order valence-electron chi connectivity index (χ1n) is 9.49. The molecular weight excluding hydrogens is 316 g/mol. The minimum absolute atomic E-state index is 0.0203. The summed E-state index contributed by atoms with van der Waals surface area (Å²) < 4.78 is 0. The topological polar surface area (TPSA) is 60.9 Å². The van der Waals surface area contributed by atoms with Crippen LogP contribution in [0.2, 0.25) is 0 Å². The van der Waals surface area contributed by atoms with Crippen LogP contribution in [0.5, 0.6) is 0 Å². The van der Waals surface area contributed by atoms with Crippen molar-refractivity contribution in [1.29, 1.82) is 0 Å². The number of β-amino-alcohol motifs (C(OH)–C–C–N with tert-alkyl or cyclic N) is 1. The third-order valence-corrected chi connectivity index (χ3v) is 6.10. The van der Waals surface area contributed by atoms with Crippen LogP contribution in [-0.4, -0.2) is 58.0 Å². The van der Waals surface area contributed by atoms with Crippen molar-refractivity contribution in [3.63, 3.8) is 0 Å². The number of aliphatic hydroxyl groups excluding tert-OH is 1. The maximum atomic E-state index is 13.2. The van der Waals surface area contributed by atoms with Gasteiger partial charge in [-0.2, -0.15) is 0 Å². The van der Waals surface area contributed by atoms with Crippen LogP contribution in [-0.2, 0) is 4.79 Å². The molecule has 134 valence electrons. The van der Waals surface area contributed by atoms with Gasteiger partial charge in [-0.25, -0.2) is 0 Å². The van der Waals surface area contributed by atoms with Crippen LogP contribution in [0, 0.1) is 5.92 Å². The van der Waals surface area contributed by atoms with Crippen molar-refractivity contribution in [3.8, 4) is 0 Å². The summed E-state index contributed by atoms with van der Waals surface area (Å²) in [5, 5.41) is 9.78. The summed E-state index contributed by atoms with van der Waals surface area (Å²) in [5.74, 6) is 0.436. The van der Waals surface area contributed by atoms with E-state index in [2.05, 4.69) is 0 Å². The number of fused-ring (bicyclic) bond motifs is 1. The molecule has 2 heterocycles. The fourth-order valence-corrected chi connectivity index (χ4v) is 4.86. The van der Waals surface area contributed by atoms with E-state index < -0.39 is 6.10 Å². The molecule has 3 aliphatic rings. The maximum absolute atomic E-state index is 13.2. The van der Waals surface area contributed by atoms with Crippen molar-refractivity contribution in [3.05, 3.63) is 35.9 Å². The minimum atomic E-state index is -0.425. The Morgan fingerprint density at radius 1 is 1.04 bits per heavy atom. The zero-order valence-electron chi connectivity index (χ0n) is 14.5. The molecule has 1 aromatic carbocycles. The first-order chi connectivity index (χ1) is 12.1. The van der Waals surface area contributed by atoms with Gasteiger partial charge in [0.05, 0.1) is 6.10 Å². The van der Waals surface area contributed by atoms with Gasteiger partial charge in [-0.1, -0.05) is 31.0 Å². The zero-order chi connectivity index (χ0) is 17.4. The van der Waals surface area contributed by atoms with E-state index in [0.29, 0.717) is 31.0 Å². The van der Waals surface area contributed by atoms with E-state index in [4.69, 9.17) is 0 Å². The number of rotatable bonds is 2. The molecule has 1 saturated carbocycles. The molecule has 0 bridgehead atoms. The monoisotopic (exact) mass is 342 g/mol. The van der Waals surface area contributed by atoms with E-state index in [1.54, 1.807) is 4.90 Å². The van der Waals surface area contributed by atoms with Crippen LogP contribution in [0.3, 0.4) is 0 Å². The van der Waals surface area contributed by atoms with Gasteiger partial charge in [0.15, 0.2) is 0 Å². The number of amides is 2. The van der Waals surface area contributed by atoms with Crippen molar-refractivity contribution < 1.29 is 14.7 Å². The molecule has 4 rings (SSSR count). The molecule has 2 amide bonds. The van der Waals surface area contributed by atoms with Gasteiger partial charge in [-0.15, -0.1) is 0 Å². The lowest BCUT2D eigenvalue weighted by atomic mass is 9.84. The fraction of sp³-hybridized carbons (Fsp3) is 0.600. The van der Waals surface area contributed by atoms with E-state index in [1.165, 1.54) is 6.42 Å². The lowest BCUT2D eigenvalue weighted by Gasteiger charge is -2.34. The Kier molecular flexibility index (Phi) is 4.50. The van der Waals surface area contributed by atoms with Crippen LogP contribution >= 0.6 is 0 Å². The lowest BCUT2D eigenvalue weighted by molar-refractivity contribution is -0.135. The van der Waals surface area contributed by atoms with Crippen LogP contribution in [0.4, 0.5) is 0 Å². The molecular formula is C20H26N2O3. The average molecular weight is 342 g/mol. The molecule has 3 fully saturated rings. The van der Waals surface area contributed by atoms with Gasteiger partial charge in [0.1, 0.15) is 6.04 Å². The van der Waals surface area contributed by atoms with Crippen molar-refractivity contribution in [2.45, 2.75) is 56.7 Å². The molecule has 1 N–H and O–H groups in total.